The maximum atomic E-state index is 13.6. The molecule has 2 aliphatic heterocycles. The van der Waals surface area contributed by atoms with Crippen molar-refractivity contribution in [3.63, 3.8) is 0 Å². The number of benzene rings is 1. The van der Waals surface area contributed by atoms with Crippen LogP contribution in [0.5, 0.6) is 0 Å². The Morgan fingerprint density at radius 3 is 2.71 bits per heavy atom. The number of nitrogens with one attached hydrogen (secondary N) is 1. The second-order valence-corrected chi connectivity index (χ2v) is 8.97. The second kappa shape index (κ2) is 7.31. The highest BCUT2D eigenvalue weighted by Gasteiger charge is 2.32. The molecule has 0 spiro atoms. The molecule has 7 nitrogen and oxygen atoms in total. The number of carbonyl (C=O) groups is 1. The number of amides is 1. The maximum Gasteiger partial charge on any atom is 0.270 e. The van der Waals surface area contributed by atoms with E-state index in [1.165, 1.54) is 28.7 Å². The van der Waals surface area contributed by atoms with Crippen molar-refractivity contribution in [2.45, 2.75) is 24.3 Å². The maximum absolute atomic E-state index is 13.6. The molecule has 1 N–H and O–H groups in total. The lowest BCUT2D eigenvalue weighted by Gasteiger charge is -2.35. The van der Waals surface area contributed by atoms with Crippen LogP contribution in [-0.4, -0.2) is 61.4 Å². The summed E-state index contributed by atoms with van der Waals surface area (Å²) in [4.78, 5) is 17.5. The van der Waals surface area contributed by atoms with Gasteiger partial charge in [0.15, 0.2) is 0 Å². The lowest BCUT2D eigenvalue weighted by atomic mass is 9.93. The number of morpholine rings is 1. The fraction of sp³-hybridized carbons (Fsp3) is 0.421. The first-order chi connectivity index (χ1) is 13.4. The minimum atomic E-state index is -3.67. The third kappa shape index (κ3) is 3.34. The third-order valence-electron chi connectivity index (χ3n) is 5.40. The number of halogens is 1. The van der Waals surface area contributed by atoms with E-state index >= 15 is 0 Å². The van der Waals surface area contributed by atoms with Crippen LogP contribution in [0.3, 0.4) is 0 Å². The monoisotopic (exact) mass is 407 g/mol. The first-order valence-electron chi connectivity index (χ1n) is 9.23. The number of aromatic nitrogens is 1. The number of sulfonamides is 1. The summed E-state index contributed by atoms with van der Waals surface area (Å²) in [6, 6.07) is 5.72. The molecule has 2 aliphatic rings. The largest absolute Gasteiger partial charge is 0.379 e. The number of nitrogens with zero attached hydrogens (tertiary/aromatic N) is 2. The molecule has 4 rings (SSSR count). The van der Waals surface area contributed by atoms with Gasteiger partial charge in [0.25, 0.3) is 5.91 Å². The van der Waals surface area contributed by atoms with E-state index in [0.717, 1.165) is 11.1 Å². The van der Waals surface area contributed by atoms with Gasteiger partial charge in [0, 0.05) is 25.8 Å². The molecule has 1 atom stereocenters. The molecule has 0 saturated carbocycles. The zero-order valence-corrected chi connectivity index (χ0v) is 16.3. The van der Waals surface area contributed by atoms with Gasteiger partial charge in [-0.25, -0.2) is 12.8 Å². The minimum absolute atomic E-state index is 0.0638. The van der Waals surface area contributed by atoms with E-state index in [0.29, 0.717) is 39.3 Å². The highest BCUT2D eigenvalue weighted by molar-refractivity contribution is 7.89. The standard InChI is InChI=1S/C19H22FN3O4S/c1-13-17-10-15(20)3-2-14(17)4-5-23(13)19(24)18-11-16(12-21-18)28(25,26)22-6-8-27-9-7-22/h2-3,10-13,21H,4-9H2,1H3. The Hall–Kier alpha value is -2.23. The van der Waals surface area contributed by atoms with Crippen molar-refractivity contribution >= 4 is 15.9 Å². The zero-order chi connectivity index (χ0) is 19.9. The van der Waals surface area contributed by atoms with Gasteiger partial charge in [-0.3, -0.25) is 4.79 Å². The smallest absolute Gasteiger partial charge is 0.270 e. The summed E-state index contributed by atoms with van der Waals surface area (Å²) in [5.41, 5.74) is 2.02. The highest BCUT2D eigenvalue weighted by Crippen LogP contribution is 2.31. The fourth-order valence-electron chi connectivity index (χ4n) is 3.80. The topological polar surface area (TPSA) is 82.7 Å². The van der Waals surface area contributed by atoms with Gasteiger partial charge in [-0.15, -0.1) is 0 Å². The lowest BCUT2D eigenvalue weighted by Crippen LogP contribution is -2.40. The molecule has 1 aromatic carbocycles. The van der Waals surface area contributed by atoms with Crippen molar-refractivity contribution in [1.29, 1.82) is 0 Å². The van der Waals surface area contributed by atoms with Gasteiger partial charge in [0.1, 0.15) is 16.4 Å². The van der Waals surface area contributed by atoms with E-state index in [1.54, 1.807) is 11.0 Å². The van der Waals surface area contributed by atoms with Crippen molar-refractivity contribution in [1.82, 2.24) is 14.2 Å². The van der Waals surface area contributed by atoms with Gasteiger partial charge in [-0.1, -0.05) is 6.07 Å². The summed E-state index contributed by atoms with van der Waals surface area (Å²) in [6.45, 7) is 3.64. The summed E-state index contributed by atoms with van der Waals surface area (Å²) >= 11 is 0. The first-order valence-corrected chi connectivity index (χ1v) is 10.7. The number of rotatable bonds is 3. The highest BCUT2D eigenvalue weighted by atomic mass is 32.2. The molecule has 1 aromatic heterocycles. The average Bonchev–Trinajstić information content (AvgIpc) is 3.20. The van der Waals surface area contributed by atoms with Crippen molar-refractivity contribution < 1.29 is 22.3 Å². The zero-order valence-electron chi connectivity index (χ0n) is 15.5. The Kier molecular flexibility index (Phi) is 4.98. The molecule has 1 fully saturated rings. The van der Waals surface area contributed by atoms with Crippen molar-refractivity contribution in [3.8, 4) is 0 Å². The Balaban J connectivity index is 1.56. The number of carbonyl (C=O) groups excluding carboxylic acids is 1. The fourth-order valence-corrected chi connectivity index (χ4v) is 5.20. The minimum Gasteiger partial charge on any atom is -0.379 e. The van der Waals surface area contributed by atoms with Crippen LogP contribution in [0.1, 0.15) is 34.6 Å². The number of H-pyrrole nitrogens is 1. The van der Waals surface area contributed by atoms with E-state index < -0.39 is 10.0 Å². The van der Waals surface area contributed by atoms with Gasteiger partial charge in [0.2, 0.25) is 10.0 Å². The van der Waals surface area contributed by atoms with Crippen LogP contribution in [0.15, 0.2) is 35.4 Å². The number of hydrogen-bond donors (Lipinski definition) is 1. The van der Waals surface area contributed by atoms with Crippen LogP contribution in [0.25, 0.3) is 0 Å². The van der Waals surface area contributed by atoms with E-state index in [2.05, 4.69) is 4.98 Å². The summed E-state index contributed by atoms with van der Waals surface area (Å²) < 4.78 is 45.7. The number of fused-ring (bicyclic) bond motifs is 1. The third-order valence-corrected chi connectivity index (χ3v) is 7.28. The van der Waals surface area contributed by atoms with Crippen LogP contribution < -0.4 is 0 Å². The molecule has 28 heavy (non-hydrogen) atoms. The summed E-state index contributed by atoms with van der Waals surface area (Å²) in [5.74, 6) is -0.635. The Morgan fingerprint density at radius 2 is 1.96 bits per heavy atom. The summed E-state index contributed by atoms with van der Waals surface area (Å²) in [5, 5.41) is 0. The van der Waals surface area contributed by atoms with E-state index in [1.807, 2.05) is 6.92 Å². The molecule has 2 aromatic rings. The molecule has 1 amide bonds. The van der Waals surface area contributed by atoms with Gasteiger partial charge in [-0.05, 0) is 42.7 Å². The molecule has 0 radical (unpaired) electrons. The van der Waals surface area contributed by atoms with Gasteiger partial charge in [-0.2, -0.15) is 4.31 Å². The van der Waals surface area contributed by atoms with Crippen LogP contribution in [0.4, 0.5) is 4.39 Å². The Morgan fingerprint density at radius 1 is 1.21 bits per heavy atom. The van der Waals surface area contributed by atoms with E-state index in [9.17, 15) is 17.6 Å². The molecule has 0 bridgehead atoms. The van der Waals surface area contributed by atoms with Crippen LogP contribution in [0.2, 0.25) is 0 Å². The Bertz CT molecular complexity index is 998. The molecular formula is C19H22FN3O4S. The van der Waals surface area contributed by atoms with E-state index in [-0.39, 0.29) is 28.4 Å². The number of hydrogen-bond acceptors (Lipinski definition) is 4. The molecular weight excluding hydrogens is 385 g/mol. The van der Waals surface area contributed by atoms with Gasteiger partial charge < -0.3 is 14.6 Å². The predicted molar refractivity (Wildman–Crippen MR) is 99.9 cm³/mol. The van der Waals surface area contributed by atoms with Gasteiger partial charge in [0.05, 0.1) is 19.3 Å². The van der Waals surface area contributed by atoms with Crippen LogP contribution in [-0.2, 0) is 21.2 Å². The molecule has 3 heterocycles. The van der Waals surface area contributed by atoms with Crippen molar-refractivity contribution in [3.05, 3.63) is 53.1 Å². The molecule has 150 valence electrons. The molecule has 9 heteroatoms. The Labute approximate surface area is 163 Å². The number of aromatic amines is 1. The van der Waals surface area contributed by atoms with Crippen LogP contribution in [0, 0.1) is 5.82 Å². The average molecular weight is 407 g/mol. The number of ether oxygens (including phenoxy) is 1. The molecule has 1 unspecified atom stereocenters. The SMILES string of the molecule is CC1c2cc(F)ccc2CCN1C(=O)c1cc(S(=O)(=O)N2CCOCC2)c[nH]1. The summed E-state index contributed by atoms with van der Waals surface area (Å²) in [7, 11) is -3.67. The van der Waals surface area contributed by atoms with Crippen molar-refractivity contribution in [2.75, 3.05) is 32.8 Å². The van der Waals surface area contributed by atoms with Crippen LogP contribution >= 0.6 is 0 Å². The summed E-state index contributed by atoms with van der Waals surface area (Å²) in [6.07, 6.45) is 1.98. The van der Waals surface area contributed by atoms with Gasteiger partial charge >= 0.3 is 0 Å². The molecule has 0 aliphatic carbocycles. The molecule has 1 saturated heterocycles. The lowest BCUT2D eigenvalue weighted by molar-refractivity contribution is 0.0671. The first kappa shape index (κ1) is 19.1. The normalized spacial score (nSPS) is 20.8. The predicted octanol–water partition coefficient (Wildman–Crippen LogP) is 1.93. The second-order valence-electron chi connectivity index (χ2n) is 7.03. The van der Waals surface area contributed by atoms with Crippen molar-refractivity contribution in [2.24, 2.45) is 0 Å². The quantitative estimate of drug-likeness (QED) is 0.843. The van der Waals surface area contributed by atoms with E-state index in [4.69, 9.17) is 4.74 Å².